The molecule has 134 valence electrons. The fourth-order valence-electron chi connectivity index (χ4n) is 3.26. The first kappa shape index (κ1) is 16.8. The Balaban J connectivity index is 2.02. The summed E-state index contributed by atoms with van der Waals surface area (Å²) in [6, 6.07) is 11.2. The second kappa shape index (κ2) is 6.57. The Kier molecular flexibility index (Phi) is 4.08. The van der Waals surface area contributed by atoms with Gasteiger partial charge in [0, 0.05) is 46.2 Å². The first-order chi connectivity index (χ1) is 13.1. The highest BCUT2D eigenvalue weighted by atomic mass is 16.5. The van der Waals surface area contributed by atoms with Crippen LogP contribution in [0.15, 0.2) is 59.8 Å². The van der Waals surface area contributed by atoms with Crippen LogP contribution in [0.4, 0.5) is 5.82 Å². The molecule has 0 amide bonds. The second-order valence-electron chi connectivity index (χ2n) is 6.28. The number of anilines is 1. The summed E-state index contributed by atoms with van der Waals surface area (Å²) in [6.07, 6.45) is 5.10. The number of hydrogen-bond acceptors (Lipinski definition) is 5. The number of benzene rings is 1. The molecule has 0 aliphatic rings. The Labute approximate surface area is 155 Å². The molecule has 6 nitrogen and oxygen atoms in total. The van der Waals surface area contributed by atoms with Gasteiger partial charge in [-0.1, -0.05) is 0 Å². The van der Waals surface area contributed by atoms with Crippen molar-refractivity contribution in [1.29, 1.82) is 0 Å². The van der Waals surface area contributed by atoms with E-state index in [0.29, 0.717) is 16.9 Å². The minimum Gasteiger partial charge on any atom is -0.496 e. The molecule has 0 saturated carbocycles. The van der Waals surface area contributed by atoms with Gasteiger partial charge in [-0.15, -0.1) is 0 Å². The van der Waals surface area contributed by atoms with Crippen molar-refractivity contribution in [3.63, 3.8) is 0 Å². The number of fused-ring (bicyclic) bond motifs is 1. The molecule has 3 N–H and O–H groups in total. The number of nitrogen functional groups attached to an aromatic ring is 1. The van der Waals surface area contributed by atoms with Crippen LogP contribution in [0.5, 0.6) is 5.75 Å². The van der Waals surface area contributed by atoms with Crippen molar-refractivity contribution in [3.8, 4) is 28.0 Å². The van der Waals surface area contributed by atoms with Crippen LogP contribution in [0, 0.1) is 6.92 Å². The van der Waals surface area contributed by atoms with Crippen LogP contribution >= 0.6 is 0 Å². The molecule has 1 aromatic carbocycles. The number of rotatable bonds is 3. The Morgan fingerprint density at radius 2 is 1.85 bits per heavy atom. The standard InChI is InChI=1S/C21H18N4O2/c1-12-8-16(15-4-3-7-23-21(15)26)19-17(20(12)27-2)9-14(11-25-19)13-5-6-18(22)24-10-13/h3-11H,1-2H3,(H2,22,24)(H,23,26). The van der Waals surface area contributed by atoms with Crippen molar-refractivity contribution in [2.24, 2.45) is 0 Å². The molecule has 0 aliphatic heterocycles. The summed E-state index contributed by atoms with van der Waals surface area (Å²) >= 11 is 0. The third kappa shape index (κ3) is 2.91. The predicted octanol–water partition coefficient (Wildman–Crippen LogP) is 3.55. The van der Waals surface area contributed by atoms with E-state index in [1.807, 2.05) is 25.1 Å². The van der Waals surface area contributed by atoms with Crippen LogP contribution in [0.2, 0.25) is 0 Å². The molecule has 0 aliphatic carbocycles. The zero-order valence-electron chi connectivity index (χ0n) is 15.0. The van der Waals surface area contributed by atoms with Crippen LogP contribution in [0.3, 0.4) is 0 Å². The first-order valence-corrected chi connectivity index (χ1v) is 8.46. The van der Waals surface area contributed by atoms with E-state index < -0.39 is 0 Å². The van der Waals surface area contributed by atoms with Crippen LogP contribution in [-0.4, -0.2) is 22.1 Å². The SMILES string of the molecule is COc1c(C)cc(-c2ccc[nH]c2=O)c2ncc(-c3ccc(N)nc3)cc12. The first-order valence-electron chi connectivity index (χ1n) is 8.46. The molecule has 4 rings (SSSR count). The lowest BCUT2D eigenvalue weighted by atomic mass is 9.97. The number of methoxy groups -OCH3 is 1. The largest absolute Gasteiger partial charge is 0.496 e. The second-order valence-corrected chi connectivity index (χ2v) is 6.28. The predicted molar refractivity (Wildman–Crippen MR) is 107 cm³/mol. The average Bonchev–Trinajstić information content (AvgIpc) is 2.68. The van der Waals surface area contributed by atoms with Gasteiger partial charge in [-0.2, -0.15) is 0 Å². The molecule has 27 heavy (non-hydrogen) atoms. The number of nitrogens with zero attached hydrogens (tertiary/aromatic N) is 2. The molecule has 3 heterocycles. The highest BCUT2D eigenvalue weighted by molar-refractivity contribution is 6.00. The highest BCUT2D eigenvalue weighted by Gasteiger charge is 2.16. The summed E-state index contributed by atoms with van der Waals surface area (Å²) in [5.41, 5.74) is 10.3. The van der Waals surface area contributed by atoms with Gasteiger partial charge in [-0.3, -0.25) is 9.78 Å². The van der Waals surface area contributed by atoms with Gasteiger partial charge in [0.05, 0.1) is 12.6 Å². The fraction of sp³-hybridized carbons (Fsp3) is 0.0952. The van der Waals surface area contributed by atoms with Gasteiger partial charge >= 0.3 is 0 Å². The quantitative estimate of drug-likeness (QED) is 0.584. The maximum absolute atomic E-state index is 12.3. The van der Waals surface area contributed by atoms with E-state index in [2.05, 4.69) is 15.0 Å². The minimum atomic E-state index is -0.156. The number of nitrogens with one attached hydrogen (secondary N) is 1. The maximum Gasteiger partial charge on any atom is 0.255 e. The molecule has 0 atom stereocenters. The van der Waals surface area contributed by atoms with Crippen molar-refractivity contribution in [2.45, 2.75) is 6.92 Å². The van der Waals surface area contributed by atoms with Gasteiger partial charge in [0.1, 0.15) is 11.6 Å². The van der Waals surface area contributed by atoms with E-state index in [1.54, 1.807) is 43.9 Å². The number of aromatic amines is 1. The van der Waals surface area contributed by atoms with Crippen LogP contribution < -0.4 is 16.0 Å². The molecule has 6 heteroatoms. The van der Waals surface area contributed by atoms with Gasteiger partial charge in [-0.25, -0.2) is 4.98 Å². The monoisotopic (exact) mass is 358 g/mol. The van der Waals surface area contributed by atoms with Crippen molar-refractivity contribution in [3.05, 3.63) is 70.9 Å². The number of H-pyrrole nitrogens is 1. The van der Waals surface area contributed by atoms with Gasteiger partial charge in [0.2, 0.25) is 0 Å². The average molecular weight is 358 g/mol. The molecular weight excluding hydrogens is 340 g/mol. The minimum absolute atomic E-state index is 0.156. The van der Waals surface area contributed by atoms with Gasteiger partial charge in [0.15, 0.2) is 0 Å². The zero-order chi connectivity index (χ0) is 19.0. The summed E-state index contributed by atoms with van der Waals surface area (Å²) < 4.78 is 5.63. The van der Waals surface area contributed by atoms with Crippen molar-refractivity contribution < 1.29 is 4.74 Å². The molecule has 4 aromatic rings. The Morgan fingerprint density at radius 1 is 1.04 bits per heavy atom. The number of nitrogens with two attached hydrogens (primary N) is 1. The van der Waals surface area contributed by atoms with Crippen LogP contribution in [-0.2, 0) is 0 Å². The number of aryl methyl sites for hydroxylation is 1. The number of ether oxygens (including phenoxy) is 1. The molecular formula is C21H18N4O2. The van der Waals surface area contributed by atoms with Crippen LogP contribution in [0.1, 0.15) is 5.56 Å². The number of aromatic nitrogens is 3. The highest BCUT2D eigenvalue weighted by Crippen LogP contribution is 2.37. The maximum atomic E-state index is 12.3. The Morgan fingerprint density at radius 3 is 2.56 bits per heavy atom. The lowest BCUT2D eigenvalue weighted by Gasteiger charge is -2.14. The topological polar surface area (TPSA) is 93.9 Å². The Hall–Kier alpha value is -3.67. The molecule has 0 bridgehead atoms. The van der Waals surface area contributed by atoms with E-state index in [-0.39, 0.29) is 5.56 Å². The molecule has 0 unspecified atom stereocenters. The third-order valence-corrected chi connectivity index (χ3v) is 4.54. The summed E-state index contributed by atoms with van der Waals surface area (Å²) in [5, 5.41) is 0.838. The molecule has 0 saturated heterocycles. The smallest absolute Gasteiger partial charge is 0.255 e. The number of hydrogen-bond donors (Lipinski definition) is 2. The van der Waals surface area contributed by atoms with E-state index in [9.17, 15) is 4.79 Å². The molecule has 0 spiro atoms. The van der Waals surface area contributed by atoms with Gasteiger partial charge < -0.3 is 15.5 Å². The lowest BCUT2D eigenvalue weighted by molar-refractivity contribution is 0.417. The van der Waals surface area contributed by atoms with Gasteiger partial charge in [-0.05, 0) is 48.9 Å². The summed E-state index contributed by atoms with van der Waals surface area (Å²) in [4.78, 5) is 23.8. The van der Waals surface area contributed by atoms with E-state index in [4.69, 9.17) is 10.5 Å². The van der Waals surface area contributed by atoms with Crippen molar-refractivity contribution in [1.82, 2.24) is 15.0 Å². The van der Waals surface area contributed by atoms with E-state index >= 15 is 0 Å². The lowest BCUT2D eigenvalue weighted by Crippen LogP contribution is -2.08. The molecule has 0 radical (unpaired) electrons. The fourth-order valence-corrected chi connectivity index (χ4v) is 3.26. The summed E-state index contributed by atoms with van der Waals surface area (Å²) in [6.45, 7) is 1.95. The van der Waals surface area contributed by atoms with Gasteiger partial charge in [0.25, 0.3) is 5.56 Å². The van der Waals surface area contributed by atoms with Crippen molar-refractivity contribution >= 4 is 16.7 Å². The number of pyridine rings is 3. The summed E-state index contributed by atoms with van der Waals surface area (Å²) in [7, 11) is 1.63. The zero-order valence-corrected chi connectivity index (χ0v) is 15.0. The Bertz CT molecular complexity index is 1200. The van der Waals surface area contributed by atoms with E-state index in [1.165, 1.54) is 0 Å². The third-order valence-electron chi connectivity index (χ3n) is 4.54. The summed E-state index contributed by atoms with van der Waals surface area (Å²) in [5.74, 6) is 1.20. The molecule has 3 aromatic heterocycles. The normalized spacial score (nSPS) is 10.9. The molecule has 0 fully saturated rings. The van der Waals surface area contributed by atoms with Crippen LogP contribution in [0.25, 0.3) is 33.2 Å². The van der Waals surface area contributed by atoms with Crippen molar-refractivity contribution in [2.75, 3.05) is 12.8 Å². The van der Waals surface area contributed by atoms with E-state index in [0.717, 1.165) is 33.4 Å².